The molecule has 1 aliphatic rings. The van der Waals surface area contributed by atoms with Gasteiger partial charge in [-0.2, -0.15) is 0 Å². The number of amides is 2. The third-order valence-electron chi connectivity index (χ3n) is 6.56. The number of piperidine rings is 1. The van der Waals surface area contributed by atoms with E-state index in [0.717, 1.165) is 32.2 Å². The number of esters is 1. The molecule has 0 aromatic carbocycles. The number of hydrogen-bond donors (Lipinski definition) is 1. The van der Waals surface area contributed by atoms with Crippen LogP contribution in [0.2, 0.25) is 0 Å². The zero-order chi connectivity index (χ0) is 24.3. The number of methoxy groups -OCH3 is 1. The van der Waals surface area contributed by atoms with E-state index < -0.39 is 6.04 Å². The predicted molar refractivity (Wildman–Crippen MR) is 125 cm³/mol. The number of hydrogen-bond acceptors (Lipinski definition) is 6. The lowest BCUT2D eigenvalue weighted by Gasteiger charge is -2.39. The molecule has 0 aromatic rings. The van der Waals surface area contributed by atoms with Crippen molar-refractivity contribution in [1.82, 2.24) is 15.1 Å². The summed E-state index contributed by atoms with van der Waals surface area (Å²) in [5.41, 5.74) is 0. The molecule has 8 nitrogen and oxygen atoms in total. The molecule has 0 radical (unpaired) electrons. The molecule has 0 saturated carbocycles. The molecule has 8 heteroatoms. The number of carbonyl (C=O) groups is 3. The van der Waals surface area contributed by atoms with Gasteiger partial charge in [0, 0.05) is 33.0 Å². The van der Waals surface area contributed by atoms with Crippen molar-refractivity contribution < 1.29 is 23.9 Å². The molecule has 1 aliphatic heterocycles. The van der Waals surface area contributed by atoms with E-state index in [1.807, 2.05) is 25.8 Å². The molecule has 0 spiro atoms. The highest BCUT2D eigenvalue weighted by Crippen LogP contribution is 2.21. The number of nitrogens with zero attached hydrogens (tertiary/aromatic N) is 2. The zero-order valence-corrected chi connectivity index (χ0v) is 21.2. The Morgan fingerprint density at radius 1 is 1.16 bits per heavy atom. The Morgan fingerprint density at radius 3 is 2.38 bits per heavy atom. The van der Waals surface area contributed by atoms with Crippen molar-refractivity contribution in [3.8, 4) is 0 Å². The molecule has 2 amide bonds. The lowest BCUT2D eigenvalue weighted by molar-refractivity contribution is -0.145. The van der Waals surface area contributed by atoms with Gasteiger partial charge in [0.1, 0.15) is 6.04 Å². The molecule has 1 N–H and O–H groups in total. The second kappa shape index (κ2) is 14.5. The fraction of sp³-hybridized carbons (Fsp3) is 0.875. The smallest absolute Gasteiger partial charge is 0.302 e. The third kappa shape index (κ3) is 8.70. The Hall–Kier alpha value is -1.67. The van der Waals surface area contributed by atoms with Gasteiger partial charge in [-0.05, 0) is 38.3 Å². The van der Waals surface area contributed by atoms with Crippen molar-refractivity contribution >= 4 is 17.8 Å². The van der Waals surface area contributed by atoms with Gasteiger partial charge >= 0.3 is 5.97 Å². The Bertz CT molecular complexity index is 598. The molecular formula is C24H45N3O5. The molecule has 3 unspecified atom stereocenters. The largest absolute Gasteiger partial charge is 0.466 e. The van der Waals surface area contributed by atoms with Gasteiger partial charge in [0.2, 0.25) is 11.8 Å². The summed E-state index contributed by atoms with van der Waals surface area (Å²) < 4.78 is 10.4. The summed E-state index contributed by atoms with van der Waals surface area (Å²) in [4.78, 5) is 42.1. The van der Waals surface area contributed by atoms with E-state index in [4.69, 9.17) is 9.47 Å². The van der Waals surface area contributed by atoms with Gasteiger partial charge in [-0.15, -0.1) is 0 Å². The van der Waals surface area contributed by atoms with E-state index in [1.54, 1.807) is 7.11 Å². The zero-order valence-electron chi connectivity index (χ0n) is 21.2. The summed E-state index contributed by atoms with van der Waals surface area (Å²) in [6.45, 7) is 11.5. The molecule has 1 heterocycles. The molecular weight excluding hydrogens is 410 g/mol. The normalized spacial score (nSPS) is 19.8. The first-order chi connectivity index (χ1) is 15.1. The summed E-state index contributed by atoms with van der Waals surface area (Å²) in [5, 5.41) is 3.09. The summed E-state index contributed by atoms with van der Waals surface area (Å²) in [6, 6.07) is -0.923. The summed E-state index contributed by atoms with van der Waals surface area (Å²) in [7, 11) is 3.58. The number of carbonyl (C=O) groups excluding carboxylic acids is 3. The highest BCUT2D eigenvalue weighted by molar-refractivity contribution is 5.90. The first-order valence-electron chi connectivity index (χ1n) is 12.1. The average molecular weight is 456 g/mol. The maximum atomic E-state index is 13.8. The molecule has 1 rings (SSSR count). The molecule has 186 valence electrons. The lowest BCUT2D eigenvalue weighted by Crippen LogP contribution is -2.59. The Kier molecular flexibility index (Phi) is 12.8. The van der Waals surface area contributed by atoms with Gasteiger partial charge in [0.05, 0.1) is 19.3 Å². The molecule has 0 aromatic heterocycles. The van der Waals surface area contributed by atoms with Crippen LogP contribution in [0.5, 0.6) is 0 Å². The van der Waals surface area contributed by atoms with E-state index in [-0.39, 0.29) is 48.3 Å². The maximum Gasteiger partial charge on any atom is 0.302 e. The van der Waals surface area contributed by atoms with Crippen molar-refractivity contribution in [2.45, 2.75) is 84.8 Å². The minimum atomic E-state index is -0.602. The highest BCUT2D eigenvalue weighted by atomic mass is 16.5. The molecule has 0 bridgehead atoms. The third-order valence-corrected chi connectivity index (χ3v) is 6.56. The van der Waals surface area contributed by atoms with Gasteiger partial charge in [-0.3, -0.25) is 19.3 Å². The van der Waals surface area contributed by atoms with Crippen LogP contribution in [-0.4, -0.2) is 86.2 Å². The van der Waals surface area contributed by atoms with E-state index in [1.165, 1.54) is 6.92 Å². The van der Waals surface area contributed by atoms with Crippen LogP contribution in [0.4, 0.5) is 0 Å². The fourth-order valence-electron chi connectivity index (χ4n) is 4.32. The fourth-order valence-corrected chi connectivity index (χ4v) is 4.32. The first-order valence-corrected chi connectivity index (χ1v) is 12.1. The standard InChI is InChI=1S/C24H45N3O5/c1-8-18(4)22(25-23(29)21-11-9-10-13-26(21)6)24(30)27(14-16-31-7)20(17(2)3)12-15-32-19(5)28/h17-18,20-22H,8-16H2,1-7H3,(H,25,29)/t18?,20-,21?,22?/m1/s1. The number of rotatable bonds is 13. The van der Waals surface area contributed by atoms with Crippen LogP contribution in [0.25, 0.3) is 0 Å². The van der Waals surface area contributed by atoms with Gasteiger partial charge in [0.25, 0.3) is 0 Å². The SMILES string of the molecule is CCC(C)C(NC(=O)C1CCCCN1C)C(=O)N(CCOC)[C@H](CCOC(C)=O)C(C)C. The van der Waals surface area contributed by atoms with Gasteiger partial charge in [-0.25, -0.2) is 0 Å². The van der Waals surface area contributed by atoms with Gasteiger partial charge < -0.3 is 19.7 Å². The number of likely N-dealkylation sites (N-methyl/N-ethyl adjacent to an activating group) is 1. The minimum absolute atomic E-state index is 0.00771. The Morgan fingerprint density at radius 2 is 1.84 bits per heavy atom. The number of nitrogens with one attached hydrogen (secondary N) is 1. The van der Waals surface area contributed by atoms with Crippen LogP contribution in [-0.2, 0) is 23.9 Å². The van der Waals surface area contributed by atoms with Crippen LogP contribution in [0.1, 0.15) is 66.7 Å². The van der Waals surface area contributed by atoms with Crippen LogP contribution in [0.15, 0.2) is 0 Å². The van der Waals surface area contributed by atoms with Crippen LogP contribution in [0, 0.1) is 11.8 Å². The second-order valence-electron chi connectivity index (χ2n) is 9.33. The first kappa shape index (κ1) is 28.4. The van der Waals surface area contributed by atoms with Crippen LogP contribution in [0.3, 0.4) is 0 Å². The molecule has 1 saturated heterocycles. The minimum Gasteiger partial charge on any atom is -0.466 e. The van der Waals surface area contributed by atoms with Gasteiger partial charge in [-0.1, -0.05) is 40.5 Å². The highest BCUT2D eigenvalue weighted by Gasteiger charge is 2.36. The predicted octanol–water partition coefficient (Wildman–Crippen LogP) is 2.45. The molecule has 0 aliphatic carbocycles. The van der Waals surface area contributed by atoms with E-state index in [0.29, 0.717) is 19.6 Å². The van der Waals surface area contributed by atoms with Crippen LogP contribution < -0.4 is 5.32 Å². The van der Waals surface area contributed by atoms with Crippen molar-refractivity contribution in [3.63, 3.8) is 0 Å². The van der Waals surface area contributed by atoms with E-state index >= 15 is 0 Å². The molecule has 1 fully saturated rings. The lowest BCUT2D eigenvalue weighted by atomic mass is 9.93. The average Bonchev–Trinajstić information content (AvgIpc) is 2.75. The number of ether oxygens (including phenoxy) is 2. The summed E-state index contributed by atoms with van der Waals surface area (Å²) in [5.74, 6) is -0.345. The summed E-state index contributed by atoms with van der Waals surface area (Å²) in [6.07, 6.45) is 4.25. The maximum absolute atomic E-state index is 13.8. The van der Waals surface area contributed by atoms with E-state index in [2.05, 4.69) is 24.1 Å². The van der Waals surface area contributed by atoms with Crippen LogP contribution >= 0.6 is 0 Å². The quantitative estimate of drug-likeness (QED) is 0.429. The van der Waals surface area contributed by atoms with E-state index in [9.17, 15) is 14.4 Å². The monoisotopic (exact) mass is 455 g/mol. The van der Waals surface area contributed by atoms with Gasteiger partial charge in [0.15, 0.2) is 0 Å². The Balaban J connectivity index is 3.09. The topological polar surface area (TPSA) is 88.2 Å². The Labute approximate surface area is 194 Å². The van der Waals surface area contributed by atoms with Crippen molar-refractivity contribution in [3.05, 3.63) is 0 Å². The van der Waals surface area contributed by atoms with Crippen molar-refractivity contribution in [2.24, 2.45) is 11.8 Å². The molecule has 32 heavy (non-hydrogen) atoms. The summed E-state index contributed by atoms with van der Waals surface area (Å²) >= 11 is 0. The second-order valence-corrected chi connectivity index (χ2v) is 9.33. The molecule has 4 atom stereocenters. The van der Waals surface area contributed by atoms with Crippen molar-refractivity contribution in [1.29, 1.82) is 0 Å². The number of likely N-dealkylation sites (tertiary alicyclic amines) is 1. The van der Waals surface area contributed by atoms with Crippen molar-refractivity contribution in [2.75, 3.05) is 40.5 Å².